The van der Waals surface area contributed by atoms with E-state index in [9.17, 15) is 19.2 Å². The lowest BCUT2D eigenvalue weighted by molar-refractivity contribution is -0.846. The van der Waals surface area contributed by atoms with Crippen molar-refractivity contribution in [3.8, 4) is 0 Å². The van der Waals surface area contributed by atoms with Gasteiger partial charge in [0, 0.05) is 11.8 Å². The molecule has 0 spiro atoms. The summed E-state index contributed by atoms with van der Waals surface area (Å²) in [6, 6.07) is 19.7. The van der Waals surface area contributed by atoms with E-state index < -0.39 is 13.4 Å². The van der Waals surface area contributed by atoms with Gasteiger partial charge in [0.05, 0.1) is 18.2 Å². The summed E-state index contributed by atoms with van der Waals surface area (Å²) in [6.45, 7) is 0.906. The number of carbonyl (C=O) groups is 4. The third-order valence-corrected chi connectivity index (χ3v) is 14.0. The Morgan fingerprint density at radius 2 is 1.06 bits per heavy atom. The van der Waals surface area contributed by atoms with E-state index in [1.807, 2.05) is 72.7 Å². The molecule has 2 aromatic rings. The van der Waals surface area contributed by atoms with Crippen LogP contribution in [0.25, 0.3) is 6.08 Å². The Morgan fingerprint density at radius 3 is 1.58 bits per heavy atom. The van der Waals surface area contributed by atoms with Gasteiger partial charge >= 0.3 is 37.3 Å². The summed E-state index contributed by atoms with van der Waals surface area (Å²) < 4.78 is 29.8. The largest absolute Gasteiger partial charge is 0.615 e. The van der Waals surface area contributed by atoms with Crippen molar-refractivity contribution >= 4 is 43.3 Å². The predicted octanol–water partition coefficient (Wildman–Crippen LogP) is 5.58. The minimum absolute atomic E-state index is 0.142. The SMILES string of the molecule is C[C@@H](C1CCCCC1)[N+]12CC(=O)O[B-]1(/C=C/c1ccccc1)OC(=O)C2.C[C@@H](C1CCCCC1)[N+]12CC(=O)O[B-]1(C1OC1c1ccccc1)OC(=O)C2. The molecular weight excluding hydrogens is 674 g/mol. The highest BCUT2D eigenvalue weighted by Gasteiger charge is 2.78. The van der Waals surface area contributed by atoms with E-state index in [4.69, 9.17) is 23.4 Å². The van der Waals surface area contributed by atoms with Crippen LogP contribution in [-0.4, -0.2) is 90.3 Å². The molecule has 5 heterocycles. The second-order valence-corrected chi connectivity index (χ2v) is 16.7. The van der Waals surface area contributed by atoms with Crippen LogP contribution in [0.3, 0.4) is 0 Å². The number of carbonyl (C=O) groups excluding carboxylic acids is 4. The standard InChI is InChI=1S/C20H26BNO5.C20H26BNO4/c1-14(15-8-4-2-5-9-15)22-12-17(23)26-21(22,27-18(24)13-22)20-19(25-20)16-10-6-3-7-11-16;1-16(18-10-6-3-7-11-18)22-14-19(23)25-21(22,26-20(24)15-22)13-12-17-8-4-2-5-9-17/h3,6-7,10-11,14-15,19-20H,2,4-5,8-9,12-13H2,1H3;2,4-5,8-9,12-13,16,18H,3,6-7,10-11,14-15H2,1H3/b;13-12+/t14-,19?,20?,21?,22?;16-,21?,22?/m00/s1. The van der Waals surface area contributed by atoms with Crippen LogP contribution in [0, 0.1) is 11.8 Å². The van der Waals surface area contributed by atoms with E-state index in [0.717, 1.165) is 36.8 Å². The molecule has 282 valence electrons. The molecule has 7 fully saturated rings. The molecular formula is C40H52B2N2O9. The number of quaternary nitrogens is 2. The number of hydrogen-bond donors (Lipinski definition) is 0. The van der Waals surface area contributed by atoms with Crippen LogP contribution in [0.4, 0.5) is 0 Å². The van der Waals surface area contributed by atoms with Crippen molar-refractivity contribution in [1.82, 2.24) is 0 Å². The Kier molecular flexibility index (Phi) is 9.56. The fourth-order valence-electron chi connectivity index (χ4n) is 11.1. The van der Waals surface area contributed by atoms with E-state index in [-0.39, 0.29) is 74.2 Å². The lowest BCUT2D eigenvalue weighted by Gasteiger charge is -2.50. The molecule has 9 rings (SSSR count). The number of ether oxygens (including phenoxy) is 1. The molecule has 2 saturated carbocycles. The highest BCUT2D eigenvalue weighted by molar-refractivity contribution is 6.71. The van der Waals surface area contributed by atoms with Crippen LogP contribution < -0.4 is 0 Å². The van der Waals surface area contributed by atoms with Crippen LogP contribution in [0.1, 0.15) is 95.3 Å². The maximum Gasteiger partial charge on any atom is 0.615 e. The summed E-state index contributed by atoms with van der Waals surface area (Å²) >= 11 is 0. The molecule has 0 bridgehead atoms. The van der Waals surface area contributed by atoms with Gasteiger partial charge in [0.2, 0.25) is 0 Å². The fourth-order valence-corrected chi connectivity index (χ4v) is 11.1. The molecule has 2 unspecified atom stereocenters. The quantitative estimate of drug-likeness (QED) is 0.254. The summed E-state index contributed by atoms with van der Waals surface area (Å²) in [7, 11) is 0. The molecule has 13 heteroatoms. The highest BCUT2D eigenvalue weighted by Crippen LogP contribution is 2.54. The maximum absolute atomic E-state index is 12.5. The summed E-state index contributed by atoms with van der Waals surface area (Å²) in [4.78, 5) is 49.6. The van der Waals surface area contributed by atoms with Gasteiger partial charge in [-0.3, -0.25) is 19.2 Å². The number of nitrogens with zero attached hydrogens (tertiary/aromatic N) is 2. The molecule has 0 N–H and O–H groups in total. The molecule has 0 radical (unpaired) electrons. The van der Waals surface area contributed by atoms with Gasteiger partial charge in [0.1, 0.15) is 32.2 Å². The molecule has 0 aromatic heterocycles. The second-order valence-electron chi connectivity index (χ2n) is 16.7. The summed E-state index contributed by atoms with van der Waals surface area (Å²) in [5.41, 5.74) is 2.03. The maximum atomic E-state index is 12.5. The van der Waals surface area contributed by atoms with E-state index >= 15 is 0 Å². The Hall–Kier alpha value is -3.93. The lowest BCUT2D eigenvalue weighted by atomic mass is 9.60. The Bertz CT molecular complexity index is 1700. The molecule has 2 aromatic carbocycles. The van der Waals surface area contributed by atoms with Crippen molar-refractivity contribution < 1.29 is 51.3 Å². The zero-order valence-corrected chi connectivity index (χ0v) is 31.0. The zero-order chi connectivity index (χ0) is 36.8. The van der Waals surface area contributed by atoms with Crippen molar-refractivity contribution in [1.29, 1.82) is 0 Å². The van der Waals surface area contributed by atoms with Crippen molar-refractivity contribution in [2.75, 3.05) is 26.2 Å². The first kappa shape index (κ1) is 36.1. The molecule has 5 aliphatic heterocycles. The van der Waals surface area contributed by atoms with Gasteiger partial charge in [-0.05, 0) is 50.7 Å². The molecule has 11 nitrogen and oxygen atoms in total. The van der Waals surface area contributed by atoms with Gasteiger partial charge in [0.15, 0.2) is 0 Å². The molecule has 5 saturated heterocycles. The van der Waals surface area contributed by atoms with Crippen molar-refractivity contribution in [3.05, 3.63) is 77.8 Å². The van der Waals surface area contributed by atoms with Gasteiger partial charge in [-0.15, -0.1) is 0 Å². The third-order valence-electron chi connectivity index (χ3n) is 14.0. The average Bonchev–Trinajstić information content (AvgIpc) is 3.68. The van der Waals surface area contributed by atoms with Gasteiger partial charge < -0.3 is 32.1 Å². The van der Waals surface area contributed by atoms with Crippen LogP contribution >= 0.6 is 0 Å². The molecule has 2 aliphatic carbocycles. The van der Waals surface area contributed by atoms with Gasteiger partial charge in [-0.1, -0.05) is 111 Å². The summed E-state index contributed by atoms with van der Waals surface area (Å²) in [6.07, 6.45) is 13.7. The molecule has 7 aliphatic rings. The first-order valence-corrected chi connectivity index (χ1v) is 19.9. The van der Waals surface area contributed by atoms with Crippen LogP contribution in [-0.2, 0) is 42.5 Å². The molecule has 4 atom stereocenters. The van der Waals surface area contributed by atoms with Crippen molar-refractivity contribution in [2.24, 2.45) is 11.8 Å². The van der Waals surface area contributed by atoms with E-state index in [1.165, 1.54) is 38.5 Å². The number of epoxide rings is 1. The topological polar surface area (TPSA) is 118 Å². The normalized spacial score (nSPS) is 36.4. The first-order chi connectivity index (χ1) is 25.6. The van der Waals surface area contributed by atoms with E-state index in [2.05, 4.69) is 13.8 Å². The minimum Gasteiger partial charge on any atom is -0.598 e. The highest BCUT2D eigenvalue weighted by atomic mass is 16.7. The number of rotatable bonds is 8. The Labute approximate surface area is 312 Å². The van der Waals surface area contributed by atoms with Gasteiger partial charge in [-0.25, -0.2) is 0 Å². The van der Waals surface area contributed by atoms with Crippen LogP contribution in [0.15, 0.2) is 66.6 Å². The smallest absolute Gasteiger partial charge is 0.598 e. The fraction of sp³-hybridized carbons (Fsp3) is 0.550. The Morgan fingerprint density at radius 1 is 0.604 bits per heavy atom. The van der Waals surface area contributed by atoms with E-state index in [1.54, 1.807) is 0 Å². The summed E-state index contributed by atoms with van der Waals surface area (Å²) in [5, 5.41) is 0. The minimum atomic E-state index is -2.18. The first-order valence-electron chi connectivity index (χ1n) is 19.9. The van der Waals surface area contributed by atoms with E-state index in [0.29, 0.717) is 20.6 Å². The number of benzene rings is 2. The van der Waals surface area contributed by atoms with Crippen LogP contribution in [0.2, 0.25) is 0 Å². The zero-order valence-electron chi connectivity index (χ0n) is 31.0. The average molecular weight is 726 g/mol. The molecule has 53 heavy (non-hydrogen) atoms. The van der Waals surface area contributed by atoms with Crippen molar-refractivity contribution in [2.45, 2.75) is 102 Å². The molecule has 0 amide bonds. The van der Waals surface area contributed by atoms with Gasteiger partial charge in [0.25, 0.3) is 0 Å². The monoisotopic (exact) mass is 726 g/mol. The Balaban J connectivity index is 0.000000151. The lowest BCUT2D eigenvalue weighted by Crippen LogP contribution is -2.71. The predicted molar refractivity (Wildman–Crippen MR) is 197 cm³/mol. The number of hydrogen-bond acceptors (Lipinski definition) is 9. The second kappa shape index (κ2) is 14.0. The number of fused-ring (bicyclic) bond motifs is 2. The van der Waals surface area contributed by atoms with Crippen LogP contribution in [0.5, 0.6) is 0 Å². The third kappa shape index (κ3) is 6.22. The van der Waals surface area contributed by atoms with Crippen molar-refractivity contribution in [3.63, 3.8) is 0 Å². The van der Waals surface area contributed by atoms with Gasteiger partial charge in [-0.2, -0.15) is 0 Å². The summed E-state index contributed by atoms with van der Waals surface area (Å²) in [5.74, 6) is 1.75.